The quantitative estimate of drug-likeness (QED) is 0.869. The molecule has 1 aromatic rings. The van der Waals surface area contributed by atoms with E-state index in [4.69, 9.17) is 10.5 Å². The first-order valence-corrected chi connectivity index (χ1v) is 8.52. The average molecular weight is 313 g/mol. The van der Waals surface area contributed by atoms with Crippen molar-refractivity contribution in [3.8, 4) is 0 Å². The van der Waals surface area contributed by atoms with Gasteiger partial charge in [0.2, 0.25) is 0 Å². The lowest BCUT2D eigenvalue weighted by atomic mass is 9.43. The zero-order valence-electron chi connectivity index (χ0n) is 13.3. The Hall–Kier alpha value is -1.84. The molecule has 122 valence electrons. The van der Waals surface area contributed by atoms with Gasteiger partial charge in [-0.3, -0.25) is 9.59 Å². The molecule has 2 atom stereocenters. The number of hydrogen-bond donors (Lipinski definition) is 1. The van der Waals surface area contributed by atoms with Crippen LogP contribution in [0, 0.1) is 17.3 Å². The summed E-state index contributed by atoms with van der Waals surface area (Å²) >= 11 is 0. The van der Waals surface area contributed by atoms with Crippen molar-refractivity contribution in [2.75, 3.05) is 6.61 Å². The van der Waals surface area contributed by atoms with Crippen LogP contribution in [0.3, 0.4) is 0 Å². The maximum Gasteiger partial charge on any atom is 0.312 e. The third-order valence-electron chi connectivity index (χ3n) is 6.23. The lowest BCUT2D eigenvalue weighted by Gasteiger charge is -2.61. The highest BCUT2D eigenvalue weighted by molar-refractivity contribution is 5.82. The second-order valence-electron chi connectivity index (χ2n) is 7.93. The van der Waals surface area contributed by atoms with Gasteiger partial charge >= 0.3 is 5.97 Å². The van der Waals surface area contributed by atoms with Gasteiger partial charge in [0.05, 0.1) is 5.41 Å². The molecule has 0 radical (unpaired) electrons. The Morgan fingerprint density at radius 2 is 1.74 bits per heavy atom. The Balaban J connectivity index is 1.66. The van der Waals surface area contributed by atoms with Gasteiger partial charge < -0.3 is 10.5 Å². The van der Waals surface area contributed by atoms with E-state index in [2.05, 4.69) is 24.3 Å². The first-order valence-electron chi connectivity index (χ1n) is 8.52. The van der Waals surface area contributed by atoms with Gasteiger partial charge in [-0.05, 0) is 61.3 Å². The highest BCUT2D eigenvalue weighted by Crippen LogP contribution is 2.66. The molecule has 0 spiro atoms. The van der Waals surface area contributed by atoms with Crippen LogP contribution in [0.15, 0.2) is 30.3 Å². The molecule has 2 N–H and O–H groups in total. The van der Waals surface area contributed by atoms with Crippen LogP contribution in [0.1, 0.15) is 44.1 Å². The van der Waals surface area contributed by atoms with E-state index in [9.17, 15) is 9.59 Å². The zero-order chi connectivity index (χ0) is 16.1. The van der Waals surface area contributed by atoms with E-state index in [-0.39, 0.29) is 18.0 Å². The smallest absolute Gasteiger partial charge is 0.312 e. The first kappa shape index (κ1) is 14.7. The van der Waals surface area contributed by atoms with E-state index in [1.807, 2.05) is 6.07 Å². The second kappa shape index (κ2) is 5.08. The molecular formula is C19H23NO3. The molecule has 4 saturated carbocycles. The summed E-state index contributed by atoms with van der Waals surface area (Å²) in [7, 11) is 0. The summed E-state index contributed by atoms with van der Waals surface area (Å²) < 4.78 is 5.26. The van der Waals surface area contributed by atoms with Crippen molar-refractivity contribution in [1.82, 2.24) is 0 Å². The van der Waals surface area contributed by atoms with Crippen molar-refractivity contribution >= 4 is 11.9 Å². The number of carbonyl (C=O) groups excluding carboxylic acids is 2. The fourth-order valence-corrected chi connectivity index (χ4v) is 5.92. The van der Waals surface area contributed by atoms with Gasteiger partial charge in [-0.2, -0.15) is 0 Å². The minimum Gasteiger partial charge on any atom is -0.455 e. The van der Waals surface area contributed by atoms with Crippen molar-refractivity contribution in [3.63, 3.8) is 0 Å². The van der Waals surface area contributed by atoms with E-state index in [0.29, 0.717) is 11.8 Å². The number of amides is 1. The number of hydrogen-bond acceptors (Lipinski definition) is 3. The summed E-state index contributed by atoms with van der Waals surface area (Å²) in [6.07, 6.45) is 6.27. The van der Waals surface area contributed by atoms with Gasteiger partial charge in [-0.15, -0.1) is 0 Å². The van der Waals surface area contributed by atoms with Gasteiger partial charge in [0.25, 0.3) is 5.91 Å². The minimum absolute atomic E-state index is 0.108. The largest absolute Gasteiger partial charge is 0.455 e. The fourth-order valence-electron chi connectivity index (χ4n) is 5.92. The summed E-state index contributed by atoms with van der Waals surface area (Å²) in [5.74, 6) is 0.404. The SMILES string of the molecule is NC(=O)COC(=O)C12C[C@@H]3C[C@@H](C1)CC(c1ccccc1)(C3)C2. The summed E-state index contributed by atoms with van der Waals surface area (Å²) in [6.45, 7) is -0.297. The zero-order valence-corrected chi connectivity index (χ0v) is 13.3. The topological polar surface area (TPSA) is 69.4 Å². The highest BCUT2D eigenvalue weighted by Gasteiger charge is 2.61. The van der Waals surface area contributed by atoms with Crippen LogP contribution in [-0.4, -0.2) is 18.5 Å². The number of benzene rings is 1. The standard InChI is InChI=1S/C19H23NO3/c20-16(21)11-23-17(22)19-9-13-6-14(10-19)8-18(7-13,12-19)15-4-2-1-3-5-15/h1-5,13-14H,6-12H2,(H2,20,21)/t13-,14-,18?,19?/m1/s1. The minimum atomic E-state index is -0.583. The molecule has 4 nitrogen and oxygen atoms in total. The van der Waals surface area contributed by atoms with E-state index < -0.39 is 11.3 Å². The van der Waals surface area contributed by atoms with Crippen molar-refractivity contribution in [2.45, 2.75) is 43.9 Å². The third-order valence-corrected chi connectivity index (χ3v) is 6.23. The third kappa shape index (κ3) is 2.35. The van der Waals surface area contributed by atoms with Crippen LogP contribution in [0.4, 0.5) is 0 Å². The van der Waals surface area contributed by atoms with Crippen LogP contribution >= 0.6 is 0 Å². The number of esters is 1. The number of ether oxygens (including phenoxy) is 1. The monoisotopic (exact) mass is 313 g/mol. The number of carbonyl (C=O) groups is 2. The summed E-state index contributed by atoms with van der Waals surface area (Å²) in [6, 6.07) is 10.6. The maximum atomic E-state index is 12.7. The number of nitrogens with two attached hydrogens (primary N) is 1. The Morgan fingerprint density at radius 3 is 2.35 bits per heavy atom. The summed E-state index contributed by atoms with van der Waals surface area (Å²) in [5, 5.41) is 0. The van der Waals surface area contributed by atoms with Crippen LogP contribution in [0.25, 0.3) is 0 Å². The highest BCUT2D eigenvalue weighted by atomic mass is 16.5. The second-order valence-corrected chi connectivity index (χ2v) is 7.93. The van der Waals surface area contributed by atoms with Crippen molar-refractivity contribution in [2.24, 2.45) is 23.0 Å². The van der Waals surface area contributed by atoms with E-state index in [1.54, 1.807) is 0 Å². The lowest BCUT2D eigenvalue weighted by molar-refractivity contribution is -0.175. The molecule has 0 aliphatic heterocycles. The molecule has 0 saturated heterocycles. The van der Waals surface area contributed by atoms with Crippen LogP contribution in [0.5, 0.6) is 0 Å². The molecular weight excluding hydrogens is 290 g/mol. The predicted octanol–water partition coefficient (Wildman–Crippen LogP) is 2.55. The van der Waals surface area contributed by atoms with Crippen molar-refractivity contribution in [1.29, 1.82) is 0 Å². The Kier molecular flexibility index (Phi) is 3.26. The van der Waals surface area contributed by atoms with Crippen LogP contribution in [0.2, 0.25) is 0 Å². The summed E-state index contributed by atoms with van der Waals surface area (Å²) in [5.41, 5.74) is 6.20. The molecule has 5 rings (SSSR count). The maximum absolute atomic E-state index is 12.7. The molecule has 4 aliphatic rings. The molecule has 4 bridgehead atoms. The van der Waals surface area contributed by atoms with Gasteiger partial charge in [0.1, 0.15) is 0 Å². The first-order chi connectivity index (χ1) is 11.0. The molecule has 0 unspecified atom stereocenters. The molecule has 0 heterocycles. The summed E-state index contributed by atoms with van der Waals surface area (Å²) in [4.78, 5) is 23.7. The number of primary amides is 1. The fraction of sp³-hybridized carbons (Fsp3) is 0.579. The predicted molar refractivity (Wildman–Crippen MR) is 85.4 cm³/mol. The molecule has 23 heavy (non-hydrogen) atoms. The molecule has 4 fully saturated rings. The molecule has 4 aliphatic carbocycles. The Bertz CT molecular complexity index is 625. The van der Waals surface area contributed by atoms with E-state index in [0.717, 1.165) is 19.3 Å². The average Bonchev–Trinajstić information content (AvgIpc) is 2.52. The molecule has 0 aromatic heterocycles. The van der Waals surface area contributed by atoms with E-state index in [1.165, 1.54) is 24.8 Å². The van der Waals surface area contributed by atoms with Gasteiger partial charge in [-0.1, -0.05) is 30.3 Å². The van der Waals surface area contributed by atoms with Gasteiger partial charge in [0.15, 0.2) is 6.61 Å². The molecule has 1 amide bonds. The normalized spacial score (nSPS) is 37.6. The van der Waals surface area contributed by atoms with Gasteiger partial charge in [-0.25, -0.2) is 0 Å². The van der Waals surface area contributed by atoms with E-state index >= 15 is 0 Å². The Morgan fingerprint density at radius 1 is 1.09 bits per heavy atom. The van der Waals surface area contributed by atoms with Crippen molar-refractivity contribution < 1.29 is 14.3 Å². The van der Waals surface area contributed by atoms with Crippen molar-refractivity contribution in [3.05, 3.63) is 35.9 Å². The van der Waals surface area contributed by atoms with Crippen LogP contribution in [-0.2, 0) is 19.7 Å². The molecule has 1 aromatic carbocycles. The van der Waals surface area contributed by atoms with Gasteiger partial charge in [0, 0.05) is 0 Å². The molecule has 4 heteroatoms. The van der Waals surface area contributed by atoms with Crippen LogP contribution < -0.4 is 5.73 Å². The Labute approximate surface area is 136 Å². The lowest BCUT2D eigenvalue weighted by Crippen LogP contribution is -2.57. The number of rotatable bonds is 4.